The summed E-state index contributed by atoms with van der Waals surface area (Å²) in [4.78, 5) is 64.4. The molecule has 0 radical (unpaired) electrons. The van der Waals surface area contributed by atoms with Crippen LogP contribution in [0, 0.1) is 0 Å². The number of nitrogens with zero attached hydrogens (tertiary/aromatic N) is 2. The molecule has 0 aliphatic heterocycles. The zero-order chi connectivity index (χ0) is 28.6. The summed E-state index contributed by atoms with van der Waals surface area (Å²) in [5.74, 6) is -3.04. The van der Waals surface area contributed by atoms with Crippen molar-refractivity contribution in [3.8, 4) is 0 Å². The van der Waals surface area contributed by atoms with Gasteiger partial charge in [0.1, 0.15) is 17.9 Å². The van der Waals surface area contributed by atoms with Crippen molar-refractivity contribution in [2.75, 3.05) is 24.8 Å². The Morgan fingerprint density at radius 3 is 2.15 bits per heavy atom. The average molecular weight is 543 g/mol. The smallest absolute Gasteiger partial charge is 0.340 e. The van der Waals surface area contributed by atoms with E-state index in [1.807, 2.05) is 30.3 Å². The van der Waals surface area contributed by atoms with E-state index >= 15 is 0 Å². The molecule has 3 aromatic carbocycles. The zero-order valence-electron chi connectivity index (χ0n) is 21.5. The Bertz CT molecular complexity index is 1660. The monoisotopic (exact) mass is 542 g/mol. The van der Waals surface area contributed by atoms with Crippen LogP contribution >= 0.6 is 0 Å². The summed E-state index contributed by atoms with van der Waals surface area (Å²) in [7, 11) is 1.10. The fourth-order valence-electron chi connectivity index (χ4n) is 3.96. The predicted molar refractivity (Wildman–Crippen MR) is 148 cm³/mol. The molecule has 0 unspecified atom stereocenters. The van der Waals surface area contributed by atoms with Crippen LogP contribution in [0.2, 0.25) is 0 Å². The summed E-state index contributed by atoms with van der Waals surface area (Å²) in [6.45, 7) is -1.65. The summed E-state index contributed by atoms with van der Waals surface area (Å²) in [5.41, 5.74) is 5.58. The van der Waals surface area contributed by atoms with Gasteiger partial charge in [-0.25, -0.2) is 14.2 Å². The van der Waals surface area contributed by atoms with Gasteiger partial charge in [0.2, 0.25) is 5.78 Å². The van der Waals surface area contributed by atoms with Crippen molar-refractivity contribution in [3.05, 3.63) is 122 Å². The van der Waals surface area contributed by atoms with E-state index in [0.717, 1.165) is 17.4 Å². The summed E-state index contributed by atoms with van der Waals surface area (Å²) < 4.78 is 11.4. The summed E-state index contributed by atoms with van der Waals surface area (Å²) in [5, 5.41) is 3.12. The molecule has 11 heteroatoms. The number of carbonyl (C=O) groups is 3. The number of carbonyl (C=O) groups excluding carboxylic acids is 3. The molecule has 0 fully saturated rings. The van der Waals surface area contributed by atoms with Crippen molar-refractivity contribution in [1.29, 1.82) is 0 Å². The number of benzene rings is 3. The molecule has 1 heterocycles. The van der Waals surface area contributed by atoms with E-state index in [9.17, 15) is 24.0 Å². The van der Waals surface area contributed by atoms with Crippen LogP contribution in [-0.2, 0) is 27.4 Å². The lowest BCUT2D eigenvalue weighted by atomic mass is 10.1. The number of hydrogen-bond acceptors (Lipinski definition) is 9. The van der Waals surface area contributed by atoms with Crippen LogP contribution in [-0.4, -0.2) is 40.6 Å². The number of para-hydroxylation sites is 2. The lowest BCUT2D eigenvalue weighted by Crippen LogP contribution is -2.46. The molecule has 4 rings (SSSR count). The minimum absolute atomic E-state index is 0.0778. The predicted octanol–water partition coefficient (Wildman–Crippen LogP) is 2.60. The summed E-state index contributed by atoms with van der Waals surface area (Å²) >= 11 is 0. The normalized spacial score (nSPS) is 10.5. The second-order valence-corrected chi connectivity index (χ2v) is 8.62. The van der Waals surface area contributed by atoms with E-state index in [1.54, 1.807) is 48.5 Å². The van der Waals surface area contributed by atoms with Crippen molar-refractivity contribution < 1.29 is 23.9 Å². The van der Waals surface area contributed by atoms with E-state index < -0.39 is 53.5 Å². The molecule has 204 valence electrons. The Morgan fingerprint density at radius 1 is 0.850 bits per heavy atom. The highest BCUT2D eigenvalue weighted by Gasteiger charge is 2.25. The first-order valence-electron chi connectivity index (χ1n) is 12.2. The first-order chi connectivity index (χ1) is 19.3. The molecule has 0 amide bonds. The molecule has 0 saturated heterocycles. The summed E-state index contributed by atoms with van der Waals surface area (Å²) in [6.07, 6.45) is 0. The number of Topliss-reactive ketones (excluding diaryl/α,β-unsaturated/α-hetero) is 1. The van der Waals surface area contributed by atoms with Crippen LogP contribution in [0.5, 0.6) is 0 Å². The first-order valence-corrected chi connectivity index (χ1v) is 12.2. The van der Waals surface area contributed by atoms with Crippen molar-refractivity contribution >= 4 is 34.9 Å². The van der Waals surface area contributed by atoms with Crippen molar-refractivity contribution in [3.63, 3.8) is 0 Å². The third-order valence-corrected chi connectivity index (χ3v) is 5.98. The van der Waals surface area contributed by atoms with E-state index in [1.165, 1.54) is 6.07 Å². The highest BCUT2D eigenvalue weighted by atomic mass is 16.5. The maximum Gasteiger partial charge on any atom is 0.340 e. The Labute approximate surface area is 228 Å². The third kappa shape index (κ3) is 6.16. The van der Waals surface area contributed by atoms with Gasteiger partial charge in [-0.1, -0.05) is 60.7 Å². The Hall–Kier alpha value is -5.45. The number of esters is 2. The minimum atomic E-state index is -1.09. The van der Waals surface area contributed by atoms with Gasteiger partial charge < -0.3 is 20.5 Å². The number of aromatic nitrogens is 2. The molecule has 0 saturated carbocycles. The molecule has 40 heavy (non-hydrogen) atoms. The molecule has 1 aromatic heterocycles. The fraction of sp³-hybridized carbons (Fsp3) is 0.138. The van der Waals surface area contributed by atoms with Crippen LogP contribution in [0.4, 0.5) is 17.2 Å². The topological polar surface area (TPSA) is 152 Å². The number of nitrogens with two attached hydrogens (primary N) is 1. The van der Waals surface area contributed by atoms with Gasteiger partial charge in [-0.05, 0) is 29.8 Å². The van der Waals surface area contributed by atoms with Gasteiger partial charge in [0, 0.05) is 5.69 Å². The van der Waals surface area contributed by atoms with E-state index in [-0.39, 0.29) is 12.1 Å². The average Bonchev–Trinajstić information content (AvgIpc) is 2.97. The van der Waals surface area contributed by atoms with Crippen LogP contribution in [0.15, 0.2) is 94.5 Å². The van der Waals surface area contributed by atoms with E-state index in [2.05, 4.69) is 10.1 Å². The van der Waals surface area contributed by atoms with Crippen LogP contribution in [0.25, 0.3) is 0 Å². The Morgan fingerprint density at radius 2 is 1.48 bits per heavy atom. The number of nitrogens with one attached hydrogen (secondary N) is 1. The van der Waals surface area contributed by atoms with E-state index in [4.69, 9.17) is 10.5 Å². The number of ketones is 1. The van der Waals surface area contributed by atoms with Crippen LogP contribution in [0.3, 0.4) is 0 Å². The minimum Gasteiger partial charge on any atom is -0.468 e. The Balaban J connectivity index is 1.63. The standard InChI is InChI=1S/C29H26N4O7/c1-39-24(35)17-33-27(36)25(26(30)32(29(33)38)16-19-10-4-2-5-11-19)23(34)18-40-28(37)21-14-8-9-15-22(21)31-20-12-6-3-7-13-20/h2-15,31H,16-18,30H2,1H3. The maximum atomic E-state index is 13.2. The third-order valence-electron chi connectivity index (χ3n) is 5.98. The van der Waals surface area contributed by atoms with Gasteiger partial charge in [0.05, 0.1) is 24.9 Å². The molecule has 0 atom stereocenters. The largest absolute Gasteiger partial charge is 0.468 e. The number of hydrogen-bond donors (Lipinski definition) is 2. The van der Waals surface area contributed by atoms with Gasteiger partial charge in [-0.15, -0.1) is 0 Å². The summed E-state index contributed by atoms with van der Waals surface area (Å²) in [6, 6.07) is 24.4. The first kappa shape index (κ1) is 27.6. The molecule has 0 aliphatic carbocycles. The van der Waals surface area contributed by atoms with Gasteiger partial charge >= 0.3 is 17.6 Å². The molecule has 4 aromatic rings. The molecule has 11 nitrogen and oxygen atoms in total. The lowest BCUT2D eigenvalue weighted by molar-refractivity contribution is -0.141. The molecule has 0 bridgehead atoms. The fourth-order valence-corrected chi connectivity index (χ4v) is 3.96. The Kier molecular flexibility index (Phi) is 8.55. The molecule has 3 N–H and O–H groups in total. The van der Waals surface area contributed by atoms with Crippen molar-refractivity contribution in [2.45, 2.75) is 13.1 Å². The lowest BCUT2D eigenvalue weighted by Gasteiger charge is -2.16. The van der Waals surface area contributed by atoms with Gasteiger partial charge in [-0.2, -0.15) is 0 Å². The quantitative estimate of drug-likeness (QED) is 0.228. The second kappa shape index (κ2) is 12.4. The van der Waals surface area contributed by atoms with Gasteiger partial charge in [0.15, 0.2) is 6.61 Å². The van der Waals surface area contributed by atoms with Crippen molar-refractivity contribution in [2.24, 2.45) is 0 Å². The van der Waals surface area contributed by atoms with Gasteiger partial charge in [-0.3, -0.25) is 19.0 Å². The molecular weight excluding hydrogens is 516 g/mol. The maximum absolute atomic E-state index is 13.2. The number of nitrogen functional groups attached to an aromatic ring is 1. The molecule has 0 spiro atoms. The van der Waals surface area contributed by atoms with Crippen LogP contribution in [0.1, 0.15) is 26.3 Å². The molecular formula is C29H26N4O7. The highest BCUT2D eigenvalue weighted by Crippen LogP contribution is 2.21. The highest BCUT2D eigenvalue weighted by molar-refractivity contribution is 6.03. The van der Waals surface area contributed by atoms with Gasteiger partial charge in [0.25, 0.3) is 5.56 Å². The van der Waals surface area contributed by atoms with E-state index in [0.29, 0.717) is 15.8 Å². The van der Waals surface area contributed by atoms with Crippen LogP contribution < -0.4 is 22.3 Å². The number of rotatable bonds is 10. The molecule has 0 aliphatic rings. The zero-order valence-corrected chi connectivity index (χ0v) is 21.5. The van der Waals surface area contributed by atoms with Crippen molar-refractivity contribution in [1.82, 2.24) is 9.13 Å². The number of ether oxygens (including phenoxy) is 2. The SMILES string of the molecule is COC(=O)Cn1c(=O)c(C(=O)COC(=O)c2ccccc2Nc2ccccc2)c(N)n(Cc2ccccc2)c1=O. The second-order valence-electron chi connectivity index (χ2n) is 8.62. The number of anilines is 3. The number of methoxy groups -OCH3 is 1.